The molecule has 0 fully saturated rings. The Morgan fingerprint density at radius 3 is 0.815 bits per heavy atom. The maximum Gasteiger partial charge on any atom is 4.00 e. The molecule has 0 bridgehead atoms. The molecule has 0 aliphatic carbocycles. The minimum Gasteiger partial charge on any atom is -0.852 e. The summed E-state index contributed by atoms with van der Waals surface area (Å²) in [4.78, 5) is 59.5. The van der Waals surface area contributed by atoms with Crippen LogP contribution in [0.15, 0.2) is 0 Å². The molecule has 0 N–H and O–H groups in total. The first-order chi connectivity index (χ1) is 11.5. The number of hydrogen-bond donors (Lipinski definition) is 0. The Morgan fingerprint density at radius 1 is 0.630 bits per heavy atom. The van der Waals surface area contributed by atoms with E-state index in [4.69, 9.17) is 0 Å². The van der Waals surface area contributed by atoms with E-state index in [0.717, 1.165) is 13.8 Å². The monoisotopic (exact) mass is 424 g/mol. The van der Waals surface area contributed by atoms with Gasteiger partial charge in [0.25, 0.3) is 0 Å². The fourth-order valence-corrected chi connectivity index (χ4v) is 0.597. The molecule has 0 unspecified atom stereocenters. The van der Waals surface area contributed by atoms with Crippen molar-refractivity contribution in [2.75, 3.05) is 0 Å². The number of ketones is 4. The van der Waals surface area contributed by atoms with Crippen LogP contribution < -0.4 is 20.4 Å². The van der Waals surface area contributed by atoms with Crippen molar-refractivity contribution < 1.29 is 70.9 Å². The minimum atomic E-state index is -1.80. The predicted molar refractivity (Wildman–Crippen MR) is 80.9 cm³/mol. The van der Waals surface area contributed by atoms with Crippen LogP contribution in [0.5, 0.6) is 0 Å². The zero-order valence-corrected chi connectivity index (χ0v) is 17.7. The van der Waals surface area contributed by atoms with E-state index >= 15 is 0 Å². The van der Waals surface area contributed by atoms with Gasteiger partial charge in [-0.15, -0.1) is 12.2 Å². The smallest absolute Gasteiger partial charge is 0.852 e. The molecule has 0 aromatic rings. The fourth-order valence-electron chi connectivity index (χ4n) is 0.597. The molecule has 11 heteroatoms. The van der Waals surface area contributed by atoms with Gasteiger partial charge in [0.15, 0.2) is 11.6 Å². The zero-order valence-electron chi connectivity index (χ0n) is 16.2. The van der Waals surface area contributed by atoms with Crippen LogP contribution in [0.4, 0.5) is 0 Å². The Labute approximate surface area is 172 Å². The first-order valence-electron chi connectivity index (χ1n) is 7.33. The summed E-state index contributed by atoms with van der Waals surface area (Å²) in [5, 5.41) is 38.3. The molecular weight excluding hydrogens is 400 g/mol. The largest absolute Gasteiger partial charge is 4.00 e. The summed E-state index contributed by atoms with van der Waals surface area (Å²) >= 11 is 0. The summed E-state index contributed by atoms with van der Waals surface area (Å²) in [6.45, 7) is 8.72. The minimum absolute atomic E-state index is 0. The molecule has 152 valence electrons. The molecule has 0 aliphatic rings. The number of hydrogen-bond acceptors (Lipinski definition) is 10. The van der Waals surface area contributed by atoms with Gasteiger partial charge in [-0.1, -0.05) is 27.7 Å². The second-order valence-corrected chi connectivity index (χ2v) is 5.28. The van der Waals surface area contributed by atoms with Crippen LogP contribution in [0.1, 0.15) is 54.4 Å². The summed E-state index contributed by atoms with van der Waals surface area (Å²) in [6.07, 6.45) is -1.97. The Morgan fingerprint density at radius 2 is 0.778 bits per heavy atom. The number of carboxylic acid groups (broad SMARTS) is 2. The third-order valence-corrected chi connectivity index (χ3v) is 1.27. The molecule has 0 spiro atoms. The van der Waals surface area contributed by atoms with E-state index in [1.54, 1.807) is 27.7 Å². The van der Waals surface area contributed by atoms with Crippen LogP contribution in [0.3, 0.4) is 0 Å². The van der Waals surface area contributed by atoms with Gasteiger partial charge < -0.3 is 30.0 Å². The Bertz CT molecular complexity index is 434. The van der Waals surface area contributed by atoms with Crippen LogP contribution in [0.25, 0.3) is 0 Å². The van der Waals surface area contributed by atoms with Crippen molar-refractivity contribution in [3.8, 4) is 0 Å². The molecule has 0 heterocycles. The fraction of sp³-hybridized carbons (Fsp3) is 0.625. The van der Waals surface area contributed by atoms with Gasteiger partial charge in [-0.2, -0.15) is 0 Å². The molecule has 10 nitrogen and oxygen atoms in total. The van der Waals surface area contributed by atoms with Gasteiger partial charge in [0.05, 0.1) is 12.8 Å². The van der Waals surface area contributed by atoms with E-state index in [1.807, 2.05) is 0 Å². The van der Waals surface area contributed by atoms with Crippen molar-refractivity contribution in [1.29, 1.82) is 0 Å². The second-order valence-electron chi connectivity index (χ2n) is 5.28. The van der Waals surface area contributed by atoms with Crippen LogP contribution >= 0.6 is 0 Å². The van der Waals surface area contributed by atoms with Gasteiger partial charge in [0, 0.05) is 0 Å². The van der Waals surface area contributed by atoms with Crippen LogP contribution in [-0.4, -0.2) is 47.3 Å². The normalized spacial score (nSPS) is 8.37. The molecule has 0 rings (SSSR count). The quantitative estimate of drug-likeness (QED) is 0.231. The average Bonchev–Trinajstić information content (AvgIpc) is 2.36. The van der Waals surface area contributed by atoms with Crippen molar-refractivity contribution in [1.82, 2.24) is 0 Å². The predicted octanol–water partition coefficient (Wildman–Crippen LogP) is -3.92. The van der Waals surface area contributed by atoms with Crippen LogP contribution in [0, 0.1) is 0 Å². The number of aliphatic carboxylic acids is 2. The van der Waals surface area contributed by atoms with E-state index in [0.29, 0.717) is 0 Å². The molecule has 0 aromatic heterocycles. The molecule has 0 radical (unpaired) electrons. The first-order valence-corrected chi connectivity index (χ1v) is 7.33. The number of Topliss-reactive ketones (excluding diaryl/α,β-unsaturated/α-hetero) is 4. The Kier molecular flexibility index (Phi) is 29.9. The summed E-state index contributed by atoms with van der Waals surface area (Å²) in [6, 6.07) is 0. The number of carbonyl (C=O) groups excluding carboxylic acids is 6. The van der Waals surface area contributed by atoms with Crippen molar-refractivity contribution in [3.05, 3.63) is 0 Å². The first kappa shape index (κ1) is 36.2. The zero-order chi connectivity index (χ0) is 22.0. The van der Waals surface area contributed by atoms with E-state index < -0.39 is 60.1 Å². The number of carbonyl (C=O) groups is 6. The Hall–Kier alpha value is -1.75. The molecule has 0 aliphatic heterocycles. The molecule has 0 aromatic carbocycles. The molecule has 0 amide bonds. The van der Waals surface area contributed by atoms with Gasteiger partial charge in [-0.25, -0.2) is 0 Å². The number of carboxylic acids is 2. The number of rotatable bonds is 6. The van der Waals surface area contributed by atoms with E-state index in [9.17, 15) is 49.2 Å². The molecule has 27 heavy (non-hydrogen) atoms. The summed E-state index contributed by atoms with van der Waals surface area (Å²) < 4.78 is 0. The van der Waals surface area contributed by atoms with Crippen molar-refractivity contribution in [2.45, 2.75) is 66.6 Å². The molecule has 0 atom stereocenters. The van der Waals surface area contributed by atoms with E-state index in [-0.39, 0.29) is 21.7 Å². The maximum absolute atomic E-state index is 10.1. The van der Waals surface area contributed by atoms with Gasteiger partial charge in [0.2, 0.25) is 0 Å². The Balaban J connectivity index is -0.0000000843. The van der Waals surface area contributed by atoms with Gasteiger partial charge in [-0.3, -0.25) is 19.2 Å². The van der Waals surface area contributed by atoms with Crippen molar-refractivity contribution in [2.24, 2.45) is 0 Å². The van der Waals surface area contributed by atoms with E-state index in [2.05, 4.69) is 0 Å². The van der Waals surface area contributed by atoms with Crippen molar-refractivity contribution in [3.63, 3.8) is 0 Å². The molecular formula is C16H24O10Ti. The van der Waals surface area contributed by atoms with Gasteiger partial charge in [0.1, 0.15) is 23.5 Å². The second kappa shape index (κ2) is 22.3. The summed E-state index contributed by atoms with van der Waals surface area (Å²) in [7, 11) is 0. The maximum atomic E-state index is 10.1. The molecule has 0 saturated carbocycles. The van der Waals surface area contributed by atoms with Gasteiger partial charge >= 0.3 is 21.7 Å². The van der Waals surface area contributed by atoms with Crippen LogP contribution in [-0.2, 0) is 50.5 Å². The topological polar surface area (TPSA) is 195 Å². The average molecular weight is 424 g/mol. The van der Waals surface area contributed by atoms with E-state index in [1.165, 1.54) is 0 Å². The summed E-state index contributed by atoms with van der Waals surface area (Å²) in [5.41, 5.74) is 0. The third-order valence-electron chi connectivity index (χ3n) is 1.27. The SMILES string of the molecule is CC(=O)CC(=O)C(=O)[O-].CC(=O)CC(=O)C(=O)[O-].CC(C)[O-].CC(C)[O-].[Ti+4]. The van der Waals surface area contributed by atoms with Crippen LogP contribution in [0.2, 0.25) is 0 Å². The van der Waals surface area contributed by atoms with Gasteiger partial charge in [-0.05, 0) is 13.8 Å². The summed E-state index contributed by atoms with van der Waals surface area (Å²) in [5.74, 6) is -6.87. The standard InChI is InChI=1S/2C5H6O4.2C3H7O.Ti/c2*1-3(6)2-4(7)5(8)9;2*1-3(2)4;/h2*2H2,1H3,(H,8,9);2*3H,1-2H3;/q;;2*-1;+4/p-2. The van der Waals surface area contributed by atoms with Crippen molar-refractivity contribution >= 4 is 35.1 Å². The molecule has 0 saturated heterocycles. The third kappa shape index (κ3) is 59.1.